The van der Waals surface area contributed by atoms with Crippen molar-refractivity contribution in [1.29, 1.82) is 0 Å². The van der Waals surface area contributed by atoms with E-state index in [1.54, 1.807) is 6.07 Å². The number of pyridine rings is 1. The van der Waals surface area contributed by atoms with Crippen LogP contribution in [0.5, 0.6) is 5.75 Å². The molecule has 0 amide bonds. The molecule has 0 saturated carbocycles. The van der Waals surface area contributed by atoms with Gasteiger partial charge in [0.25, 0.3) is 0 Å². The first-order valence-corrected chi connectivity index (χ1v) is 6.37. The fourth-order valence-electron chi connectivity index (χ4n) is 2.14. The third kappa shape index (κ3) is 2.38. The minimum Gasteiger partial charge on any atom is -0.426 e. The largest absolute Gasteiger partial charge is 0.426 e. The Bertz CT molecular complexity index is 781. The molecule has 0 atom stereocenters. The van der Waals surface area contributed by atoms with E-state index in [1.165, 1.54) is 6.92 Å². The zero-order valence-corrected chi connectivity index (χ0v) is 11.0. The Morgan fingerprint density at radius 2 is 1.70 bits per heavy atom. The average molecular weight is 263 g/mol. The molecule has 0 aliphatic carbocycles. The smallest absolute Gasteiger partial charge is 0.308 e. The first-order valence-electron chi connectivity index (χ1n) is 6.37. The van der Waals surface area contributed by atoms with Gasteiger partial charge in [-0.25, -0.2) is 4.98 Å². The van der Waals surface area contributed by atoms with Crippen molar-refractivity contribution in [2.24, 2.45) is 0 Å². The van der Waals surface area contributed by atoms with Crippen LogP contribution in [0.15, 0.2) is 60.7 Å². The number of aromatic nitrogens is 1. The fraction of sp³-hybridized carbons (Fsp3) is 0.0588. The molecule has 0 aliphatic rings. The summed E-state index contributed by atoms with van der Waals surface area (Å²) >= 11 is 0. The molecule has 0 fully saturated rings. The van der Waals surface area contributed by atoms with Crippen LogP contribution in [-0.4, -0.2) is 11.0 Å². The molecule has 0 radical (unpaired) electrons. The van der Waals surface area contributed by atoms with Crippen LogP contribution in [0.4, 0.5) is 0 Å². The second-order valence-corrected chi connectivity index (χ2v) is 4.48. The summed E-state index contributed by atoms with van der Waals surface area (Å²) in [5.74, 6) is 0.195. The molecule has 20 heavy (non-hydrogen) atoms. The minimum absolute atomic E-state index is 0.335. The Hall–Kier alpha value is -2.68. The quantitative estimate of drug-likeness (QED) is 0.521. The minimum atomic E-state index is -0.335. The zero-order chi connectivity index (χ0) is 13.9. The predicted molar refractivity (Wildman–Crippen MR) is 78.5 cm³/mol. The number of esters is 1. The van der Waals surface area contributed by atoms with Crippen LogP contribution in [0.1, 0.15) is 6.92 Å². The molecule has 98 valence electrons. The molecule has 1 aromatic heterocycles. The first kappa shape index (κ1) is 12.4. The summed E-state index contributed by atoms with van der Waals surface area (Å²) in [7, 11) is 0. The van der Waals surface area contributed by atoms with E-state index in [0.29, 0.717) is 5.75 Å². The van der Waals surface area contributed by atoms with Gasteiger partial charge in [-0.2, -0.15) is 0 Å². The van der Waals surface area contributed by atoms with E-state index in [9.17, 15) is 4.79 Å². The summed E-state index contributed by atoms with van der Waals surface area (Å²) in [5, 5.41) is 1.08. The normalized spacial score (nSPS) is 10.4. The molecule has 0 N–H and O–H groups in total. The van der Waals surface area contributed by atoms with Gasteiger partial charge in [-0.3, -0.25) is 4.79 Å². The van der Waals surface area contributed by atoms with E-state index >= 15 is 0 Å². The number of carbonyl (C=O) groups excluding carboxylic acids is 1. The van der Waals surface area contributed by atoms with Crippen LogP contribution in [0, 0.1) is 0 Å². The van der Waals surface area contributed by atoms with Gasteiger partial charge in [-0.1, -0.05) is 36.4 Å². The van der Waals surface area contributed by atoms with Gasteiger partial charge in [0.1, 0.15) is 5.75 Å². The summed E-state index contributed by atoms with van der Waals surface area (Å²) in [6.45, 7) is 1.39. The highest BCUT2D eigenvalue weighted by Crippen LogP contribution is 2.29. The second-order valence-electron chi connectivity index (χ2n) is 4.48. The number of hydrogen-bond acceptors (Lipinski definition) is 3. The number of carbonyl (C=O) groups is 1. The maximum Gasteiger partial charge on any atom is 0.308 e. The number of ether oxygens (including phenoxy) is 1. The van der Waals surface area contributed by atoms with Crippen molar-refractivity contribution >= 4 is 16.9 Å². The maximum atomic E-state index is 11.2. The number of rotatable bonds is 2. The van der Waals surface area contributed by atoms with Crippen molar-refractivity contribution in [3.05, 3.63) is 60.7 Å². The Morgan fingerprint density at radius 1 is 0.950 bits per heavy atom. The van der Waals surface area contributed by atoms with Gasteiger partial charge in [0.05, 0.1) is 11.2 Å². The highest BCUT2D eigenvalue weighted by atomic mass is 16.5. The van der Waals surface area contributed by atoms with E-state index in [2.05, 4.69) is 4.98 Å². The second kappa shape index (κ2) is 5.13. The summed E-state index contributed by atoms with van der Waals surface area (Å²) < 4.78 is 5.23. The zero-order valence-electron chi connectivity index (χ0n) is 11.0. The van der Waals surface area contributed by atoms with E-state index in [4.69, 9.17) is 4.74 Å². The van der Waals surface area contributed by atoms with Crippen LogP contribution >= 0.6 is 0 Å². The molecule has 0 unspecified atom stereocenters. The molecule has 0 aliphatic heterocycles. The van der Waals surface area contributed by atoms with Crippen molar-refractivity contribution in [2.45, 2.75) is 6.92 Å². The monoisotopic (exact) mass is 263 g/mol. The lowest BCUT2D eigenvalue weighted by molar-refractivity contribution is -0.131. The maximum absolute atomic E-state index is 11.2. The standard InChI is InChI=1S/C17H13NO2/c1-12(19)20-17-9-5-3-7-14(17)16-11-10-13-6-2-4-8-15(13)18-16/h2-11H,1H3. The van der Waals surface area contributed by atoms with Crippen LogP contribution in [0.25, 0.3) is 22.2 Å². The van der Waals surface area contributed by atoms with Gasteiger partial charge >= 0.3 is 5.97 Å². The van der Waals surface area contributed by atoms with Crippen molar-refractivity contribution in [3.8, 4) is 17.0 Å². The van der Waals surface area contributed by atoms with Gasteiger partial charge in [0.15, 0.2) is 0 Å². The topological polar surface area (TPSA) is 39.2 Å². The van der Waals surface area contributed by atoms with E-state index in [1.807, 2.05) is 54.6 Å². The summed E-state index contributed by atoms with van der Waals surface area (Å²) in [6.07, 6.45) is 0. The molecule has 3 heteroatoms. The molecule has 3 aromatic rings. The van der Waals surface area contributed by atoms with Gasteiger partial charge in [0, 0.05) is 17.9 Å². The van der Waals surface area contributed by atoms with E-state index in [0.717, 1.165) is 22.2 Å². The third-order valence-corrected chi connectivity index (χ3v) is 3.02. The number of benzene rings is 2. The number of hydrogen-bond donors (Lipinski definition) is 0. The van der Waals surface area contributed by atoms with Crippen LogP contribution < -0.4 is 4.74 Å². The summed E-state index contributed by atoms with van der Waals surface area (Å²) in [4.78, 5) is 15.8. The van der Waals surface area contributed by atoms with Gasteiger partial charge in [0.2, 0.25) is 0 Å². The summed E-state index contributed by atoms with van der Waals surface area (Å²) in [5.41, 5.74) is 2.52. The van der Waals surface area contributed by atoms with Crippen molar-refractivity contribution in [1.82, 2.24) is 4.98 Å². The molecule has 0 saturated heterocycles. The van der Waals surface area contributed by atoms with Gasteiger partial charge in [-0.15, -0.1) is 0 Å². The Balaban J connectivity index is 2.13. The van der Waals surface area contributed by atoms with Crippen molar-refractivity contribution < 1.29 is 9.53 Å². The fourth-order valence-corrected chi connectivity index (χ4v) is 2.14. The van der Waals surface area contributed by atoms with Gasteiger partial charge in [-0.05, 0) is 24.3 Å². The molecular weight excluding hydrogens is 250 g/mol. The molecule has 2 aromatic carbocycles. The lowest BCUT2D eigenvalue weighted by Gasteiger charge is -2.09. The molecule has 3 rings (SSSR count). The Kier molecular flexibility index (Phi) is 3.17. The SMILES string of the molecule is CC(=O)Oc1ccccc1-c1ccc2ccccc2n1. The number of para-hydroxylation sites is 2. The van der Waals surface area contributed by atoms with Crippen molar-refractivity contribution in [2.75, 3.05) is 0 Å². The Labute approximate surface area is 116 Å². The van der Waals surface area contributed by atoms with E-state index in [-0.39, 0.29) is 5.97 Å². The van der Waals surface area contributed by atoms with Crippen LogP contribution in [0.2, 0.25) is 0 Å². The molecule has 0 bridgehead atoms. The summed E-state index contributed by atoms with van der Waals surface area (Å²) in [6, 6.07) is 19.3. The van der Waals surface area contributed by atoms with Crippen LogP contribution in [0.3, 0.4) is 0 Å². The molecule has 0 spiro atoms. The molecule has 1 heterocycles. The average Bonchev–Trinajstić information content (AvgIpc) is 2.47. The van der Waals surface area contributed by atoms with E-state index < -0.39 is 0 Å². The number of fused-ring (bicyclic) bond motifs is 1. The lowest BCUT2D eigenvalue weighted by Crippen LogP contribution is -2.02. The predicted octanol–water partition coefficient (Wildman–Crippen LogP) is 3.83. The highest BCUT2D eigenvalue weighted by Gasteiger charge is 2.09. The van der Waals surface area contributed by atoms with Crippen molar-refractivity contribution in [3.63, 3.8) is 0 Å². The number of nitrogens with zero attached hydrogens (tertiary/aromatic N) is 1. The molecular formula is C17H13NO2. The first-order chi connectivity index (χ1) is 9.74. The molecule has 3 nitrogen and oxygen atoms in total. The third-order valence-electron chi connectivity index (χ3n) is 3.02. The highest BCUT2D eigenvalue weighted by molar-refractivity contribution is 5.83. The lowest BCUT2D eigenvalue weighted by atomic mass is 10.1. The van der Waals surface area contributed by atoms with Crippen LogP contribution in [-0.2, 0) is 4.79 Å². The van der Waals surface area contributed by atoms with Gasteiger partial charge < -0.3 is 4.74 Å². The Morgan fingerprint density at radius 3 is 2.55 bits per heavy atom.